The molecule has 1 heterocycles. The molecule has 3 nitrogen and oxygen atoms in total. The van der Waals surface area contributed by atoms with Gasteiger partial charge in [0.25, 0.3) is 0 Å². The lowest BCUT2D eigenvalue weighted by atomic mass is 10.0. The zero-order chi connectivity index (χ0) is 15.7. The van der Waals surface area contributed by atoms with Crippen molar-refractivity contribution in [1.82, 2.24) is 10.2 Å². The molecule has 1 fully saturated rings. The molecule has 1 amide bonds. The summed E-state index contributed by atoms with van der Waals surface area (Å²) < 4.78 is 0. The number of hydrogen-bond donors (Lipinski definition) is 1. The van der Waals surface area contributed by atoms with Gasteiger partial charge in [-0.15, -0.1) is 0 Å². The summed E-state index contributed by atoms with van der Waals surface area (Å²) in [6.07, 6.45) is -0.316. The Hall–Kier alpha value is -1.55. The Kier molecular flexibility index (Phi) is 4.39. The van der Waals surface area contributed by atoms with Gasteiger partial charge >= 0.3 is 0 Å². The average Bonchev–Trinajstić information content (AvgIpc) is 2.89. The van der Waals surface area contributed by atoms with Gasteiger partial charge in [0.15, 0.2) is 0 Å². The van der Waals surface area contributed by atoms with E-state index in [-0.39, 0.29) is 18.1 Å². The molecule has 0 saturated carbocycles. The van der Waals surface area contributed by atoms with Gasteiger partial charge in [0.2, 0.25) is 5.91 Å². The smallest absolute Gasteiger partial charge is 0.235 e. The first kappa shape index (κ1) is 15.3. The molecule has 3 rings (SSSR count). The SMILES string of the molecule is CC(c1ccccc1)N1CC(=O)N[C@H]1c1c(Cl)cccc1Cl. The number of carbonyl (C=O) groups is 1. The number of carbonyl (C=O) groups excluding carboxylic acids is 1. The standard InChI is InChI=1S/C17H16Cl2N2O/c1-11(12-6-3-2-4-7-12)21-10-15(22)20-17(21)16-13(18)8-5-9-14(16)19/h2-9,11,17H,10H2,1H3,(H,20,22)/t11?,17-/m1/s1. The largest absolute Gasteiger partial charge is 0.335 e. The summed E-state index contributed by atoms with van der Waals surface area (Å²) in [5.41, 5.74) is 1.90. The van der Waals surface area contributed by atoms with E-state index in [0.29, 0.717) is 16.6 Å². The van der Waals surface area contributed by atoms with Crippen molar-refractivity contribution in [2.75, 3.05) is 6.54 Å². The summed E-state index contributed by atoms with van der Waals surface area (Å²) in [7, 11) is 0. The number of rotatable bonds is 3. The first-order chi connectivity index (χ1) is 10.6. The molecule has 5 heteroatoms. The zero-order valence-corrected chi connectivity index (χ0v) is 13.6. The van der Waals surface area contributed by atoms with E-state index < -0.39 is 0 Å². The van der Waals surface area contributed by atoms with Crippen molar-refractivity contribution in [1.29, 1.82) is 0 Å². The maximum Gasteiger partial charge on any atom is 0.235 e. The van der Waals surface area contributed by atoms with Crippen molar-refractivity contribution >= 4 is 29.1 Å². The van der Waals surface area contributed by atoms with Gasteiger partial charge in [-0.3, -0.25) is 9.69 Å². The lowest BCUT2D eigenvalue weighted by molar-refractivity contribution is -0.118. The van der Waals surface area contributed by atoms with Crippen LogP contribution in [0, 0.1) is 0 Å². The first-order valence-electron chi connectivity index (χ1n) is 7.12. The number of amides is 1. The van der Waals surface area contributed by atoms with Gasteiger partial charge in [0.05, 0.1) is 6.54 Å². The maximum absolute atomic E-state index is 12.0. The van der Waals surface area contributed by atoms with Crippen molar-refractivity contribution in [3.8, 4) is 0 Å². The van der Waals surface area contributed by atoms with Crippen LogP contribution in [-0.2, 0) is 4.79 Å². The lowest BCUT2D eigenvalue weighted by Gasteiger charge is -2.30. The van der Waals surface area contributed by atoms with Gasteiger partial charge in [-0.25, -0.2) is 0 Å². The Morgan fingerprint density at radius 3 is 2.36 bits per heavy atom. The summed E-state index contributed by atoms with van der Waals surface area (Å²) >= 11 is 12.6. The number of hydrogen-bond acceptors (Lipinski definition) is 2. The normalized spacial score (nSPS) is 20.0. The zero-order valence-electron chi connectivity index (χ0n) is 12.1. The fraction of sp³-hybridized carbons (Fsp3) is 0.235. The summed E-state index contributed by atoms with van der Waals surface area (Å²) in [4.78, 5) is 14.0. The number of nitrogens with one attached hydrogen (secondary N) is 1. The minimum absolute atomic E-state index is 0.0243. The summed E-state index contributed by atoms with van der Waals surface area (Å²) in [5, 5.41) is 4.09. The third-order valence-electron chi connectivity index (χ3n) is 4.01. The van der Waals surface area contributed by atoms with E-state index in [1.807, 2.05) is 18.2 Å². The molecule has 2 atom stereocenters. The van der Waals surface area contributed by atoms with Crippen molar-refractivity contribution < 1.29 is 4.79 Å². The molecular weight excluding hydrogens is 319 g/mol. The van der Waals surface area contributed by atoms with Crippen LogP contribution < -0.4 is 5.32 Å². The van der Waals surface area contributed by atoms with Crippen molar-refractivity contribution in [2.24, 2.45) is 0 Å². The van der Waals surface area contributed by atoms with Gasteiger partial charge in [-0.05, 0) is 24.6 Å². The highest BCUT2D eigenvalue weighted by molar-refractivity contribution is 6.36. The molecule has 2 aromatic carbocycles. The Bertz CT molecular complexity index is 670. The molecule has 0 spiro atoms. The lowest BCUT2D eigenvalue weighted by Crippen LogP contribution is -2.30. The van der Waals surface area contributed by atoms with E-state index in [4.69, 9.17) is 23.2 Å². The number of benzene rings is 2. The number of nitrogens with zero attached hydrogens (tertiary/aromatic N) is 1. The second-order valence-corrected chi connectivity index (χ2v) is 6.18. The molecule has 0 aromatic heterocycles. The molecule has 1 aliphatic rings. The van der Waals surface area contributed by atoms with Crippen LogP contribution in [0.25, 0.3) is 0 Å². The molecule has 0 bridgehead atoms. The van der Waals surface area contributed by atoms with Crippen molar-refractivity contribution in [2.45, 2.75) is 19.1 Å². The Balaban J connectivity index is 1.98. The molecule has 1 unspecified atom stereocenters. The van der Waals surface area contributed by atoms with Crippen molar-refractivity contribution in [3.63, 3.8) is 0 Å². The monoisotopic (exact) mass is 334 g/mol. The second-order valence-electron chi connectivity index (χ2n) is 5.36. The fourth-order valence-electron chi connectivity index (χ4n) is 2.83. The predicted octanol–water partition coefficient (Wildman–Crippen LogP) is 4.19. The highest BCUT2D eigenvalue weighted by Gasteiger charge is 2.36. The van der Waals surface area contributed by atoms with Crippen LogP contribution in [0.5, 0.6) is 0 Å². The van der Waals surface area contributed by atoms with Gasteiger partial charge in [-0.1, -0.05) is 59.6 Å². The summed E-state index contributed by atoms with van der Waals surface area (Å²) in [6.45, 7) is 2.40. The minimum Gasteiger partial charge on any atom is -0.335 e. The van der Waals surface area contributed by atoms with E-state index in [9.17, 15) is 4.79 Å². The number of halogens is 2. The van der Waals surface area contributed by atoms with Crippen LogP contribution in [0.4, 0.5) is 0 Å². The van der Waals surface area contributed by atoms with E-state index in [0.717, 1.165) is 11.1 Å². The average molecular weight is 335 g/mol. The molecular formula is C17H16Cl2N2O. The van der Waals surface area contributed by atoms with Gasteiger partial charge in [0.1, 0.15) is 6.17 Å². The van der Waals surface area contributed by atoms with Crippen molar-refractivity contribution in [3.05, 3.63) is 69.7 Å². The maximum atomic E-state index is 12.0. The second kappa shape index (κ2) is 6.29. The quantitative estimate of drug-likeness (QED) is 0.912. The van der Waals surface area contributed by atoms with Crippen LogP contribution in [0.15, 0.2) is 48.5 Å². The summed E-state index contributed by atoms with van der Waals surface area (Å²) in [6, 6.07) is 15.5. The Labute approximate surface area is 139 Å². The van der Waals surface area contributed by atoms with E-state index >= 15 is 0 Å². The Morgan fingerprint density at radius 2 is 1.73 bits per heavy atom. The van der Waals surface area contributed by atoms with Crippen LogP contribution in [0.2, 0.25) is 10.0 Å². The minimum atomic E-state index is -0.316. The van der Waals surface area contributed by atoms with Crippen LogP contribution in [0.1, 0.15) is 30.3 Å². The highest BCUT2D eigenvalue weighted by Crippen LogP contribution is 2.38. The van der Waals surface area contributed by atoms with Crippen LogP contribution in [-0.4, -0.2) is 17.4 Å². The van der Waals surface area contributed by atoms with Gasteiger partial charge in [0, 0.05) is 21.7 Å². The molecule has 114 valence electrons. The summed E-state index contributed by atoms with van der Waals surface area (Å²) in [5.74, 6) is -0.0243. The molecule has 2 aromatic rings. The van der Waals surface area contributed by atoms with E-state index in [1.54, 1.807) is 18.2 Å². The third-order valence-corrected chi connectivity index (χ3v) is 4.67. The first-order valence-corrected chi connectivity index (χ1v) is 7.87. The molecule has 0 aliphatic carbocycles. The van der Waals surface area contributed by atoms with Gasteiger partial charge in [-0.2, -0.15) is 0 Å². The molecule has 1 N–H and O–H groups in total. The Morgan fingerprint density at radius 1 is 1.09 bits per heavy atom. The fourth-order valence-corrected chi connectivity index (χ4v) is 3.44. The topological polar surface area (TPSA) is 32.3 Å². The predicted molar refractivity (Wildman–Crippen MR) is 88.9 cm³/mol. The molecule has 1 aliphatic heterocycles. The van der Waals surface area contributed by atoms with Gasteiger partial charge < -0.3 is 5.32 Å². The highest BCUT2D eigenvalue weighted by atomic mass is 35.5. The molecule has 22 heavy (non-hydrogen) atoms. The third kappa shape index (κ3) is 2.84. The van der Waals surface area contributed by atoms with Crippen LogP contribution >= 0.6 is 23.2 Å². The van der Waals surface area contributed by atoms with E-state index in [2.05, 4.69) is 29.3 Å². The van der Waals surface area contributed by atoms with E-state index in [1.165, 1.54) is 0 Å². The molecule has 0 radical (unpaired) electrons. The molecule has 1 saturated heterocycles. The van der Waals surface area contributed by atoms with Crippen LogP contribution in [0.3, 0.4) is 0 Å².